The minimum absolute atomic E-state index is 0.0447. The highest BCUT2D eigenvalue weighted by Gasteiger charge is 2.27. The first kappa shape index (κ1) is 15.3. The molecule has 1 aliphatic heterocycles. The molecule has 1 heterocycles. The predicted molar refractivity (Wildman–Crippen MR) is 76.5 cm³/mol. The highest BCUT2D eigenvalue weighted by atomic mass is 16.2. The molecule has 0 aromatic rings. The van der Waals surface area contributed by atoms with Crippen LogP contribution in [0, 0.1) is 11.8 Å². The molecule has 3 N–H and O–H groups in total. The molecule has 6 nitrogen and oxygen atoms in total. The van der Waals surface area contributed by atoms with Crippen LogP contribution in [0.4, 0.5) is 0 Å². The van der Waals surface area contributed by atoms with Gasteiger partial charge in [-0.05, 0) is 38.6 Å². The number of hydrazine groups is 1. The van der Waals surface area contributed by atoms with Crippen molar-refractivity contribution >= 4 is 11.8 Å². The Labute approximate surface area is 120 Å². The molecule has 2 rings (SSSR count). The minimum Gasteiger partial charge on any atom is -0.342 e. The smallest absolute Gasteiger partial charge is 0.237 e. The number of amides is 2. The van der Waals surface area contributed by atoms with Gasteiger partial charge in [-0.15, -0.1) is 0 Å². The van der Waals surface area contributed by atoms with Crippen LogP contribution in [0.15, 0.2) is 0 Å². The minimum atomic E-state index is -0.112. The lowest BCUT2D eigenvalue weighted by Crippen LogP contribution is -2.47. The fourth-order valence-electron chi connectivity index (χ4n) is 3.02. The second-order valence-electron chi connectivity index (χ2n) is 6.16. The Bertz CT molecular complexity index is 349. The molecule has 0 spiro atoms. The molecule has 0 unspecified atom stereocenters. The fourth-order valence-corrected chi connectivity index (χ4v) is 3.02. The second kappa shape index (κ2) is 7.04. The van der Waals surface area contributed by atoms with Crippen molar-refractivity contribution in [2.24, 2.45) is 17.7 Å². The Kier molecular flexibility index (Phi) is 5.37. The molecule has 114 valence electrons. The number of rotatable bonds is 5. The van der Waals surface area contributed by atoms with Crippen LogP contribution >= 0.6 is 0 Å². The summed E-state index contributed by atoms with van der Waals surface area (Å²) in [6.07, 6.45) is 5.36. The van der Waals surface area contributed by atoms with Crippen LogP contribution in [-0.4, -0.2) is 54.8 Å². The topological polar surface area (TPSA) is 78.7 Å². The maximum atomic E-state index is 12.2. The molecule has 0 aromatic carbocycles. The Morgan fingerprint density at radius 2 is 1.90 bits per heavy atom. The van der Waals surface area contributed by atoms with E-state index in [1.807, 2.05) is 11.9 Å². The van der Waals surface area contributed by atoms with E-state index in [0.717, 1.165) is 12.5 Å². The standard InChI is InChI=1S/C14H26N4O2/c1-17(9-11-3-2-4-11)10-13(19)18-7-5-12(6-8-18)14(20)16-15/h11-12H,2-10,15H2,1H3,(H,16,20). The summed E-state index contributed by atoms with van der Waals surface area (Å²) in [5.41, 5.74) is 2.19. The van der Waals surface area contributed by atoms with Gasteiger partial charge in [-0.3, -0.25) is 19.9 Å². The molecule has 2 fully saturated rings. The Morgan fingerprint density at radius 1 is 1.25 bits per heavy atom. The van der Waals surface area contributed by atoms with Crippen molar-refractivity contribution < 1.29 is 9.59 Å². The van der Waals surface area contributed by atoms with Crippen molar-refractivity contribution in [1.29, 1.82) is 0 Å². The normalized spacial score (nSPS) is 20.9. The average Bonchev–Trinajstić information content (AvgIpc) is 2.42. The molecule has 1 saturated heterocycles. The quantitative estimate of drug-likeness (QED) is 0.421. The lowest BCUT2D eigenvalue weighted by Gasteiger charge is -2.34. The van der Waals surface area contributed by atoms with Gasteiger partial charge in [0.15, 0.2) is 0 Å². The van der Waals surface area contributed by atoms with E-state index in [2.05, 4.69) is 10.3 Å². The van der Waals surface area contributed by atoms with E-state index < -0.39 is 0 Å². The molecule has 1 aliphatic carbocycles. The predicted octanol–water partition coefficient (Wildman–Crippen LogP) is -0.0532. The van der Waals surface area contributed by atoms with Gasteiger partial charge < -0.3 is 4.90 Å². The summed E-state index contributed by atoms with van der Waals surface area (Å²) in [6, 6.07) is 0. The number of nitrogens with one attached hydrogen (secondary N) is 1. The number of likely N-dealkylation sites (N-methyl/N-ethyl adjacent to an activating group) is 1. The zero-order valence-electron chi connectivity index (χ0n) is 12.3. The van der Waals surface area contributed by atoms with Crippen molar-refractivity contribution in [3.8, 4) is 0 Å². The van der Waals surface area contributed by atoms with Crippen molar-refractivity contribution in [3.63, 3.8) is 0 Å². The number of hydrogen-bond acceptors (Lipinski definition) is 4. The lowest BCUT2D eigenvalue weighted by atomic mass is 9.85. The van der Waals surface area contributed by atoms with Gasteiger partial charge in [-0.2, -0.15) is 0 Å². The monoisotopic (exact) mass is 282 g/mol. The van der Waals surface area contributed by atoms with Crippen molar-refractivity contribution in [1.82, 2.24) is 15.2 Å². The largest absolute Gasteiger partial charge is 0.342 e. The van der Waals surface area contributed by atoms with Crippen LogP contribution in [0.5, 0.6) is 0 Å². The first-order chi connectivity index (χ1) is 9.60. The third-order valence-corrected chi connectivity index (χ3v) is 4.56. The van der Waals surface area contributed by atoms with Crippen molar-refractivity contribution in [3.05, 3.63) is 0 Å². The molecule has 0 bridgehead atoms. The van der Waals surface area contributed by atoms with Crippen LogP contribution < -0.4 is 11.3 Å². The summed E-state index contributed by atoms with van der Waals surface area (Å²) in [4.78, 5) is 27.6. The highest BCUT2D eigenvalue weighted by Crippen LogP contribution is 2.26. The lowest BCUT2D eigenvalue weighted by molar-refractivity contribution is -0.136. The first-order valence-corrected chi connectivity index (χ1v) is 7.57. The zero-order valence-corrected chi connectivity index (χ0v) is 12.3. The Morgan fingerprint density at radius 3 is 2.40 bits per heavy atom. The maximum absolute atomic E-state index is 12.2. The van der Waals surface area contributed by atoms with E-state index in [0.29, 0.717) is 32.5 Å². The van der Waals surface area contributed by atoms with Crippen LogP contribution in [0.2, 0.25) is 0 Å². The SMILES string of the molecule is CN(CC(=O)N1CCC(C(=O)NN)CC1)CC1CCC1. The fraction of sp³-hybridized carbons (Fsp3) is 0.857. The molecular weight excluding hydrogens is 256 g/mol. The molecule has 20 heavy (non-hydrogen) atoms. The summed E-state index contributed by atoms with van der Waals surface area (Å²) in [5.74, 6) is 5.95. The van der Waals surface area contributed by atoms with Gasteiger partial charge in [0.05, 0.1) is 6.54 Å². The van der Waals surface area contributed by atoms with E-state index in [1.165, 1.54) is 19.3 Å². The van der Waals surface area contributed by atoms with Crippen molar-refractivity contribution in [2.45, 2.75) is 32.1 Å². The summed E-state index contributed by atoms with van der Waals surface area (Å²) < 4.78 is 0. The number of likely N-dealkylation sites (tertiary alicyclic amines) is 1. The van der Waals surface area contributed by atoms with Gasteiger partial charge in [-0.25, -0.2) is 5.84 Å². The third kappa shape index (κ3) is 3.93. The van der Waals surface area contributed by atoms with E-state index in [-0.39, 0.29) is 17.7 Å². The number of carbonyl (C=O) groups excluding carboxylic acids is 2. The van der Waals surface area contributed by atoms with Gasteiger partial charge in [-0.1, -0.05) is 6.42 Å². The van der Waals surface area contributed by atoms with E-state index in [9.17, 15) is 9.59 Å². The molecule has 2 aliphatic rings. The number of piperidine rings is 1. The summed E-state index contributed by atoms with van der Waals surface area (Å²) in [6.45, 7) is 2.84. The van der Waals surface area contributed by atoms with Gasteiger partial charge in [0.1, 0.15) is 0 Å². The highest BCUT2D eigenvalue weighted by molar-refractivity contribution is 5.80. The zero-order chi connectivity index (χ0) is 14.5. The summed E-state index contributed by atoms with van der Waals surface area (Å²) >= 11 is 0. The molecular formula is C14H26N4O2. The van der Waals surface area contributed by atoms with Gasteiger partial charge in [0.25, 0.3) is 0 Å². The van der Waals surface area contributed by atoms with E-state index in [4.69, 9.17) is 5.84 Å². The van der Waals surface area contributed by atoms with Crippen LogP contribution in [0.25, 0.3) is 0 Å². The van der Waals surface area contributed by atoms with Gasteiger partial charge >= 0.3 is 0 Å². The first-order valence-electron chi connectivity index (χ1n) is 7.57. The number of nitrogens with zero attached hydrogens (tertiary/aromatic N) is 2. The van der Waals surface area contributed by atoms with E-state index >= 15 is 0 Å². The second-order valence-corrected chi connectivity index (χ2v) is 6.16. The Balaban J connectivity index is 1.69. The van der Waals surface area contributed by atoms with Gasteiger partial charge in [0, 0.05) is 25.6 Å². The van der Waals surface area contributed by atoms with Crippen LogP contribution in [-0.2, 0) is 9.59 Å². The number of hydrogen-bond donors (Lipinski definition) is 2. The van der Waals surface area contributed by atoms with Gasteiger partial charge in [0.2, 0.25) is 11.8 Å². The van der Waals surface area contributed by atoms with Crippen molar-refractivity contribution in [2.75, 3.05) is 33.2 Å². The Hall–Kier alpha value is -1.14. The molecule has 2 amide bonds. The molecule has 0 aromatic heterocycles. The average molecular weight is 282 g/mol. The summed E-state index contributed by atoms with van der Waals surface area (Å²) in [7, 11) is 2.02. The number of nitrogens with two attached hydrogens (primary N) is 1. The maximum Gasteiger partial charge on any atom is 0.237 e. The number of carbonyl (C=O) groups is 2. The van der Waals surface area contributed by atoms with E-state index in [1.54, 1.807) is 0 Å². The molecule has 0 radical (unpaired) electrons. The summed E-state index contributed by atoms with van der Waals surface area (Å²) in [5, 5.41) is 0. The third-order valence-electron chi connectivity index (χ3n) is 4.56. The van der Waals surface area contributed by atoms with Crippen LogP contribution in [0.1, 0.15) is 32.1 Å². The molecule has 0 atom stereocenters. The molecule has 6 heteroatoms. The molecule has 1 saturated carbocycles. The van der Waals surface area contributed by atoms with Crippen LogP contribution in [0.3, 0.4) is 0 Å².